The number of hydrogen-bond acceptors (Lipinski definition) is 5. The number of hydrogen-bond donors (Lipinski definition) is 1. The minimum atomic E-state index is -0.431. The molecule has 0 spiro atoms. The summed E-state index contributed by atoms with van der Waals surface area (Å²) in [6.45, 7) is 0. The lowest BCUT2D eigenvalue weighted by Crippen LogP contribution is -2.04. The molecule has 0 aliphatic carbocycles. The summed E-state index contributed by atoms with van der Waals surface area (Å²) in [6.07, 6.45) is 0. The lowest BCUT2D eigenvalue weighted by Gasteiger charge is -2.11. The van der Waals surface area contributed by atoms with Crippen LogP contribution >= 0.6 is 0 Å². The lowest BCUT2D eigenvalue weighted by molar-refractivity contribution is 0.0597. The van der Waals surface area contributed by atoms with Crippen molar-refractivity contribution in [1.82, 2.24) is 0 Å². The van der Waals surface area contributed by atoms with Gasteiger partial charge in [-0.25, -0.2) is 4.79 Å². The molecular formula is C16H17NO4. The third-order valence-electron chi connectivity index (χ3n) is 2.97. The van der Waals surface area contributed by atoms with Crippen LogP contribution in [0, 0.1) is 0 Å². The zero-order valence-electron chi connectivity index (χ0n) is 12.2. The third-order valence-corrected chi connectivity index (χ3v) is 2.97. The van der Waals surface area contributed by atoms with Gasteiger partial charge in [0.1, 0.15) is 17.1 Å². The first-order chi connectivity index (χ1) is 10.2. The maximum Gasteiger partial charge on any atom is 0.341 e. The molecule has 0 aliphatic heterocycles. The molecule has 0 aliphatic rings. The van der Waals surface area contributed by atoms with Crippen molar-refractivity contribution in [3.05, 3.63) is 48.0 Å². The van der Waals surface area contributed by atoms with E-state index in [1.807, 2.05) is 24.3 Å². The molecule has 0 heterocycles. The Bertz CT molecular complexity index is 640. The second-order valence-electron chi connectivity index (χ2n) is 4.26. The normalized spacial score (nSPS) is 9.86. The molecule has 0 radical (unpaired) electrons. The Morgan fingerprint density at radius 3 is 2.38 bits per heavy atom. The number of esters is 1. The van der Waals surface area contributed by atoms with Gasteiger partial charge in [-0.15, -0.1) is 0 Å². The topological polar surface area (TPSA) is 56.8 Å². The summed E-state index contributed by atoms with van der Waals surface area (Å²) in [5.74, 6) is 0.785. The van der Waals surface area contributed by atoms with E-state index >= 15 is 0 Å². The van der Waals surface area contributed by atoms with Gasteiger partial charge < -0.3 is 19.5 Å². The largest absolute Gasteiger partial charge is 0.497 e. The molecule has 0 saturated carbocycles. The van der Waals surface area contributed by atoms with Crippen LogP contribution in [-0.4, -0.2) is 27.3 Å². The number of ether oxygens (including phenoxy) is 3. The minimum Gasteiger partial charge on any atom is -0.497 e. The maximum absolute atomic E-state index is 11.6. The Hall–Kier alpha value is -2.69. The first kappa shape index (κ1) is 14.7. The van der Waals surface area contributed by atoms with E-state index in [-0.39, 0.29) is 0 Å². The fraction of sp³-hybridized carbons (Fsp3) is 0.188. The van der Waals surface area contributed by atoms with Gasteiger partial charge in [0.05, 0.1) is 21.3 Å². The highest BCUT2D eigenvalue weighted by Gasteiger charge is 2.13. The molecule has 2 aromatic rings. The molecule has 1 N–H and O–H groups in total. The number of nitrogens with one attached hydrogen (secondary N) is 1. The zero-order valence-corrected chi connectivity index (χ0v) is 12.2. The van der Waals surface area contributed by atoms with Crippen molar-refractivity contribution in [2.75, 3.05) is 26.6 Å². The van der Waals surface area contributed by atoms with Crippen molar-refractivity contribution < 1.29 is 19.0 Å². The molecule has 0 atom stereocenters. The molecule has 2 aromatic carbocycles. The molecule has 5 heteroatoms. The lowest BCUT2D eigenvalue weighted by atomic mass is 10.1. The van der Waals surface area contributed by atoms with Crippen LogP contribution in [0.15, 0.2) is 42.5 Å². The number of methoxy groups -OCH3 is 3. The van der Waals surface area contributed by atoms with Crippen molar-refractivity contribution in [3.63, 3.8) is 0 Å². The third kappa shape index (κ3) is 3.45. The van der Waals surface area contributed by atoms with E-state index < -0.39 is 5.97 Å². The Balaban J connectivity index is 2.26. The molecule has 0 unspecified atom stereocenters. The van der Waals surface area contributed by atoms with Crippen LogP contribution in [0.25, 0.3) is 0 Å². The predicted octanol–water partition coefficient (Wildman–Crippen LogP) is 3.23. The zero-order chi connectivity index (χ0) is 15.2. The van der Waals surface area contributed by atoms with Crippen LogP contribution in [0.2, 0.25) is 0 Å². The molecule has 5 nitrogen and oxygen atoms in total. The molecule has 110 valence electrons. The smallest absolute Gasteiger partial charge is 0.341 e. The van der Waals surface area contributed by atoms with E-state index in [2.05, 4.69) is 5.32 Å². The fourth-order valence-electron chi connectivity index (χ4n) is 1.92. The summed E-state index contributed by atoms with van der Waals surface area (Å²) >= 11 is 0. The number of anilines is 2. The van der Waals surface area contributed by atoms with Crippen molar-refractivity contribution in [1.29, 1.82) is 0 Å². The van der Waals surface area contributed by atoms with E-state index in [1.54, 1.807) is 25.3 Å². The van der Waals surface area contributed by atoms with Gasteiger partial charge in [0.15, 0.2) is 0 Å². The number of rotatable bonds is 5. The molecule has 0 bridgehead atoms. The van der Waals surface area contributed by atoms with E-state index in [1.165, 1.54) is 14.2 Å². The average Bonchev–Trinajstić information content (AvgIpc) is 2.54. The van der Waals surface area contributed by atoms with Crippen LogP contribution in [-0.2, 0) is 4.74 Å². The van der Waals surface area contributed by atoms with Gasteiger partial charge in [-0.05, 0) is 24.3 Å². The second-order valence-corrected chi connectivity index (χ2v) is 4.26. The number of carbonyl (C=O) groups excluding carboxylic acids is 1. The molecule has 0 fully saturated rings. The average molecular weight is 287 g/mol. The molecule has 21 heavy (non-hydrogen) atoms. The standard InChI is InChI=1S/C16H17NO4/c1-19-13-6-4-5-11(9-13)17-12-7-8-14(16(18)21-3)15(10-12)20-2/h4-10,17H,1-3H3. The summed E-state index contributed by atoms with van der Waals surface area (Å²) in [7, 11) is 4.47. The summed E-state index contributed by atoms with van der Waals surface area (Å²) in [5, 5.41) is 3.23. The molecule has 0 saturated heterocycles. The van der Waals surface area contributed by atoms with Crippen LogP contribution < -0.4 is 14.8 Å². The second kappa shape index (κ2) is 6.65. The molecule has 0 aromatic heterocycles. The monoisotopic (exact) mass is 287 g/mol. The van der Waals surface area contributed by atoms with Gasteiger partial charge in [0.25, 0.3) is 0 Å². The van der Waals surface area contributed by atoms with Gasteiger partial charge >= 0.3 is 5.97 Å². The maximum atomic E-state index is 11.6. The molecule has 2 rings (SSSR count). The van der Waals surface area contributed by atoms with Gasteiger partial charge in [-0.1, -0.05) is 6.07 Å². The number of carbonyl (C=O) groups is 1. The van der Waals surface area contributed by atoms with Gasteiger partial charge in [-0.3, -0.25) is 0 Å². The summed E-state index contributed by atoms with van der Waals surface area (Å²) in [4.78, 5) is 11.6. The van der Waals surface area contributed by atoms with E-state index in [0.717, 1.165) is 17.1 Å². The van der Waals surface area contributed by atoms with E-state index in [4.69, 9.17) is 14.2 Å². The van der Waals surface area contributed by atoms with E-state index in [0.29, 0.717) is 11.3 Å². The molecular weight excluding hydrogens is 270 g/mol. The quantitative estimate of drug-likeness (QED) is 0.856. The van der Waals surface area contributed by atoms with Crippen molar-refractivity contribution in [3.8, 4) is 11.5 Å². The van der Waals surface area contributed by atoms with Crippen LogP contribution in [0.1, 0.15) is 10.4 Å². The highest BCUT2D eigenvalue weighted by Crippen LogP contribution is 2.27. The van der Waals surface area contributed by atoms with Crippen LogP contribution in [0.4, 0.5) is 11.4 Å². The minimum absolute atomic E-state index is 0.385. The fourth-order valence-corrected chi connectivity index (χ4v) is 1.92. The van der Waals surface area contributed by atoms with Gasteiger partial charge in [0.2, 0.25) is 0 Å². The summed E-state index contributed by atoms with van der Waals surface area (Å²) in [5.41, 5.74) is 2.06. The first-order valence-corrected chi connectivity index (χ1v) is 6.35. The van der Waals surface area contributed by atoms with Gasteiger partial charge in [0, 0.05) is 23.5 Å². The highest BCUT2D eigenvalue weighted by molar-refractivity contribution is 5.93. The SMILES string of the molecule is COC(=O)c1ccc(Nc2cccc(OC)c2)cc1OC. The van der Waals surface area contributed by atoms with Crippen molar-refractivity contribution >= 4 is 17.3 Å². The van der Waals surface area contributed by atoms with E-state index in [9.17, 15) is 4.79 Å². The Kier molecular flexibility index (Phi) is 4.66. The summed E-state index contributed by atoms with van der Waals surface area (Å²) in [6, 6.07) is 12.7. The highest BCUT2D eigenvalue weighted by atomic mass is 16.5. The van der Waals surface area contributed by atoms with Crippen LogP contribution in [0.3, 0.4) is 0 Å². The Morgan fingerprint density at radius 1 is 0.952 bits per heavy atom. The molecule has 0 amide bonds. The first-order valence-electron chi connectivity index (χ1n) is 6.35. The van der Waals surface area contributed by atoms with Gasteiger partial charge in [-0.2, -0.15) is 0 Å². The Labute approximate surface area is 123 Å². The van der Waals surface area contributed by atoms with Crippen LogP contribution in [0.5, 0.6) is 11.5 Å². The number of benzene rings is 2. The predicted molar refractivity (Wildman–Crippen MR) is 80.6 cm³/mol. The van der Waals surface area contributed by atoms with Crippen molar-refractivity contribution in [2.24, 2.45) is 0 Å². The van der Waals surface area contributed by atoms with Crippen molar-refractivity contribution in [2.45, 2.75) is 0 Å². The Morgan fingerprint density at radius 2 is 1.71 bits per heavy atom. The summed E-state index contributed by atoms with van der Waals surface area (Å²) < 4.78 is 15.1.